The first-order valence-electron chi connectivity index (χ1n) is 7.66. The Balaban J connectivity index is 3.42. The Bertz CT molecular complexity index is 817. The lowest BCUT2D eigenvalue weighted by Gasteiger charge is -2.21. The van der Waals surface area contributed by atoms with Gasteiger partial charge in [-0.2, -0.15) is 8.42 Å². The molecule has 0 aromatic heterocycles. The van der Waals surface area contributed by atoms with E-state index in [1.807, 2.05) is 0 Å². The second-order valence-corrected chi connectivity index (χ2v) is 7.36. The van der Waals surface area contributed by atoms with Gasteiger partial charge in [-0.15, -0.1) is 0 Å². The molecule has 2 amide bonds. The number of nitrogens with one attached hydrogen (secondary N) is 2. The first-order valence-corrected chi connectivity index (χ1v) is 9.27. The summed E-state index contributed by atoms with van der Waals surface area (Å²) in [4.78, 5) is 35.4. The van der Waals surface area contributed by atoms with Crippen LogP contribution in [-0.2, 0) is 24.4 Å². The van der Waals surface area contributed by atoms with Gasteiger partial charge in [0, 0.05) is 25.2 Å². The molecule has 1 aromatic rings. The Morgan fingerprint density at radius 3 is 1.69 bits per heavy atom. The fraction of sp³-hybridized carbons (Fsp3) is 0.438. The fourth-order valence-electron chi connectivity index (χ4n) is 2.56. The molecule has 10 heteroatoms. The van der Waals surface area contributed by atoms with Gasteiger partial charge >= 0.3 is 5.97 Å². The van der Waals surface area contributed by atoms with E-state index < -0.39 is 28.4 Å². The molecule has 9 nitrogen and oxygen atoms in total. The molecular weight excluding hydrogens is 364 g/mol. The summed E-state index contributed by atoms with van der Waals surface area (Å²) in [5.41, 5.74) is 2.21. The largest absolute Gasteiger partial charge is 0.461 e. The van der Waals surface area contributed by atoms with Crippen molar-refractivity contribution in [2.24, 2.45) is 0 Å². The number of esters is 1. The third kappa shape index (κ3) is 5.53. The maximum absolute atomic E-state index is 12.4. The summed E-state index contributed by atoms with van der Waals surface area (Å²) in [7, 11) is -4.27. The lowest BCUT2D eigenvalue weighted by Crippen LogP contribution is -2.20. The number of hydrogen-bond donors (Lipinski definition) is 3. The molecule has 0 radical (unpaired) electrons. The monoisotopic (exact) mass is 386 g/mol. The van der Waals surface area contributed by atoms with Crippen LogP contribution in [0.15, 0.2) is 0 Å². The summed E-state index contributed by atoms with van der Waals surface area (Å²) in [6.45, 7) is 6.96. The predicted octanol–water partition coefficient (Wildman–Crippen LogP) is 1.57. The highest BCUT2D eigenvalue weighted by atomic mass is 32.2. The van der Waals surface area contributed by atoms with Crippen LogP contribution in [0.25, 0.3) is 0 Å². The minimum atomic E-state index is -4.27. The van der Waals surface area contributed by atoms with Gasteiger partial charge in [-0.3, -0.25) is 14.1 Å². The maximum atomic E-state index is 12.4. The number of rotatable bonds is 6. The van der Waals surface area contributed by atoms with Gasteiger partial charge in [-0.05, 0) is 37.5 Å². The Morgan fingerprint density at radius 1 is 0.923 bits per heavy atom. The number of anilines is 2. The smallest absolute Gasteiger partial charge is 0.338 e. The quantitative estimate of drug-likeness (QED) is 0.498. The molecule has 0 aliphatic rings. The van der Waals surface area contributed by atoms with Gasteiger partial charge < -0.3 is 15.4 Å². The molecule has 0 aliphatic carbocycles. The summed E-state index contributed by atoms with van der Waals surface area (Å²) in [5, 5.41) is 5.25. The molecule has 144 valence electrons. The molecule has 0 bridgehead atoms. The SMILES string of the molecule is CC(=O)Nc1c(C)c(NC(C)=O)c(C)c(C(=O)OCCS(=O)(=O)O)c1C. The van der Waals surface area contributed by atoms with Crippen molar-refractivity contribution in [3.05, 3.63) is 22.3 Å². The zero-order valence-corrected chi connectivity index (χ0v) is 16.0. The van der Waals surface area contributed by atoms with Gasteiger partial charge in [-0.25, -0.2) is 4.79 Å². The van der Waals surface area contributed by atoms with Crippen LogP contribution in [0.5, 0.6) is 0 Å². The van der Waals surface area contributed by atoms with E-state index in [4.69, 9.17) is 9.29 Å². The molecule has 0 spiro atoms. The van der Waals surface area contributed by atoms with Crippen molar-refractivity contribution < 1.29 is 32.1 Å². The van der Waals surface area contributed by atoms with Crippen molar-refractivity contribution in [2.75, 3.05) is 23.0 Å². The van der Waals surface area contributed by atoms with E-state index in [-0.39, 0.29) is 17.4 Å². The van der Waals surface area contributed by atoms with E-state index in [0.29, 0.717) is 28.1 Å². The van der Waals surface area contributed by atoms with E-state index in [1.165, 1.54) is 13.8 Å². The number of amides is 2. The van der Waals surface area contributed by atoms with Gasteiger partial charge in [0.1, 0.15) is 12.4 Å². The van der Waals surface area contributed by atoms with E-state index in [9.17, 15) is 22.8 Å². The molecule has 0 atom stereocenters. The second-order valence-electron chi connectivity index (χ2n) is 5.78. The van der Waals surface area contributed by atoms with Crippen LogP contribution in [0.2, 0.25) is 0 Å². The Morgan fingerprint density at radius 2 is 1.35 bits per heavy atom. The molecule has 1 rings (SSSR count). The number of ether oxygens (including phenoxy) is 1. The summed E-state index contributed by atoms with van der Waals surface area (Å²) < 4.78 is 35.1. The van der Waals surface area contributed by atoms with Crippen LogP contribution in [0.3, 0.4) is 0 Å². The minimum absolute atomic E-state index is 0.0958. The zero-order chi connectivity index (χ0) is 20.2. The average molecular weight is 386 g/mol. The Labute approximate surface area is 151 Å². The van der Waals surface area contributed by atoms with Gasteiger partial charge in [0.05, 0.1) is 5.56 Å². The molecule has 0 saturated heterocycles. The van der Waals surface area contributed by atoms with Crippen LogP contribution in [0, 0.1) is 20.8 Å². The first-order chi connectivity index (χ1) is 11.8. The zero-order valence-electron chi connectivity index (χ0n) is 15.2. The van der Waals surface area contributed by atoms with Gasteiger partial charge in [0.15, 0.2) is 0 Å². The van der Waals surface area contributed by atoms with Crippen molar-refractivity contribution in [1.82, 2.24) is 0 Å². The standard InChI is InChI=1S/C16H22N2O7S/c1-8-13(16(21)25-6-7-26(22,23)24)9(2)15(18-12(5)20)10(3)14(8)17-11(4)19/h6-7H2,1-5H3,(H,17,19)(H,18,20)(H,22,23,24). The normalized spacial score (nSPS) is 11.0. The topological polar surface area (TPSA) is 139 Å². The van der Waals surface area contributed by atoms with Crippen LogP contribution >= 0.6 is 0 Å². The highest BCUT2D eigenvalue weighted by Gasteiger charge is 2.24. The van der Waals surface area contributed by atoms with Crippen LogP contribution in [0.4, 0.5) is 11.4 Å². The average Bonchev–Trinajstić information content (AvgIpc) is 2.46. The summed E-state index contributed by atoms with van der Waals surface area (Å²) in [6, 6.07) is 0. The van der Waals surface area contributed by atoms with Crippen molar-refractivity contribution in [2.45, 2.75) is 34.6 Å². The molecule has 3 N–H and O–H groups in total. The third-order valence-electron chi connectivity index (χ3n) is 3.63. The first kappa shape index (κ1) is 21.6. The highest BCUT2D eigenvalue weighted by Crippen LogP contribution is 2.35. The predicted molar refractivity (Wildman–Crippen MR) is 96.0 cm³/mol. The summed E-state index contributed by atoms with van der Waals surface area (Å²) >= 11 is 0. The number of hydrogen-bond acceptors (Lipinski definition) is 6. The van der Waals surface area contributed by atoms with Gasteiger partial charge in [0.2, 0.25) is 11.8 Å². The molecular formula is C16H22N2O7S. The van der Waals surface area contributed by atoms with E-state index in [1.54, 1.807) is 20.8 Å². The molecule has 0 heterocycles. The minimum Gasteiger partial charge on any atom is -0.461 e. The van der Waals surface area contributed by atoms with Crippen molar-refractivity contribution >= 4 is 39.3 Å². The third-order valence-corrected chi connectivity index (χ3v) is 4.31. The Hall–Kier alpha value is -2.46. The highest BCUT2D eigenvalue weighted by molar-refractivity contribution is 7.85. The lowest BCUT2D eigenvalue weighted by atomic mass is 9.94. The van der Waals surface area contributed by atoms with Crippen molar-refractivity contribution in [1.29, 1.82) is 0 Å². The Kier molecular flexibility index (Phi) is 6.87. The van der Waals surface area contributed by atoms with E-state index in [2.05, 4.69) is 10.6 Å². The van der Waals surface area contributed by atoms with Gasteiger partial charge in [-0.1, -0.05) is 0 Å². The molecule has 26 heavy (non-hydrogen) atoms. The fourth-order valence-corrected chi connectivity index (χ4v) is 2.86. The van der Waals surface area contributed by atoms with E-state index >= 15 is 0 Å². The number of benzene rings is 1. The summed E-state index contributed by atoms with van der Waals surface area (Å²) in [5.74, 6) is -2.29. The van der Waals surface area contributed by atoms with Crippen LogP contribution in [0.1, 0.15) is 40.9 Å². The van der Waals surface area contributed by atoms with Crippen LogP contribution < -0.4 is 10.6 Å². The molecule has 0 aliphatic heterocycles. The molecule has 1 aromatic carbocycles. The van der Waals surface area contributed by atoms with Crippen molar-refractivity contribution in [3.8, 4) is 0 Å². The maximum Gasteiger partial charge on any atom is 0.338 e. The molecule has 0 saturated carbocycles. The van der Waals surface area contributed by atoms with Crippen LogP contribution in [-0.4, -0.2) is 43.1 Å². The second kappa shape index (κ2) is 8.28. The molecule has 0 fully saturated rings. The van der Waals surface area contributed by atoms with Gasteiger partial charge in [0.25, 0.3) is 10.1 Å². The lowest BCUT2D eigenvalue weighted by molar-refractivity contribution is -0.115. The van der Waals surface area contributed by atoms with Crippen molar-refractivity contribution in [3.63, 3.8) is 0 Å². The summed E-state index contributed by atoms with van der Waals surface area (Å²) in [6.07, 6.45) is 0. The van der Waals surface area contributed by atoms with E-state index in [0.717, 1.165) is 0 Å². The number of carbonyl (C=O) groups is 3. The molecule has 0 unspecified atom stereocenters. The number of carbonyl (C=O) groups excluding carboxylic acids is 3.